The molecule has 3 rings (SSSR count). The topological polar surface area (TPSA) is 84.5 Å². The number of benzene rings is 2. The fraction of sp³-hybridized carbons (Fsp3) is 0.458. The third-order valence-electron chi connectivity index (χ3n) is 5.66. The van der Waals surface area contributed by atoms with Crippen LogP contribution >= 0.6 is 0 Å². The summed E-state index contributed by atoms with van der Waals surface area (Å²) >= 11 is 0. The Morgan fingerprint density at radius 2 is 1.64 bits per heavy atom. The number of rotatable bonds is 9. The summed E-state index contributed by atoms with van der Waals surface area (Å²) in [5, 5.41) is 5.87. The van der Waals surface area contributed by atoms with E-state index < -0.39 is 0 Å². The number of hydrogen-bond donors (Lipinski definition) is 2. The number of nitrogens with one attached hydrogen (secondary N) is 2. The van der Waals surface area contributed by atoms with Crippen molar-refractivity contribution >= 4 is 17.4 Å². The lowest BCUT2D eigenvalue weighted by atomic mass is 10.0. The Kier molecular flexibility index (Phi) is 8.62. The van der Waals surface area contributed by atoms with E-state index in [2.05, 4.69) is 44.7 Å². The van der Waals surface area contributed by atoms with Crippen LogP contribution in [0, 0.1) is 0 Å². The van der Waals surface area contributed by atoms with Crippen LogP contribution in [0.15, 0.2) is 36.4 Å². The fourth-order valence-corrected chi connectivity index (χ4v) is 3.86. The summed E-state index contributed by atoms with van der Waals surface area (Å²) in [4.78, 5) is 17.2. The smallest absolute Gasteiger partial charge is 0.319 e. The Morgan fingerprint density at radius 1 is 1.03 bits per heavy atom. The highest BCUT2D eigenvalue weighted by Crippen LogP contribution is 2.39. The van der Waals surface area contributed by atoms with Crippen molar-refractivity contribution < 1.29 is 23.7 Å². The molecule has 1 fully saturated rings. The number of carbonyl (C=O) groups excluding carboxylic acids is 1. The SMILES string of the molecule is COc1cc(NC(=O)NCC(c2ccc(N(C)C)cc2)N2CCOCC2)cc(OC)c1OC. The average molecular weight is 459 g/mol. The Bertz CT molecular complexity index is 889. The number of anilines is 2. The molecule has 1 heterocycles. The van der Waals surface area contributed by atoms with E-state index in [4.69, 9.17) is 18.9 Å². The minimum Gasteiger partial charge on any atom is -0.493 e. The molecule has 9 nitrogen and oxygen atoms in total. The minimum atomic E-state index is -0.313. The molecule has 33 heavy (non-hydrogen) atoms. The van der Waals surface area contributed by atoms with Crippen LogP contribution in [0.25, 0.3) is 0 Å². The molecule has 2 aromatic rings. The Hall–Kier alpha value is -3.17. The van der Waals surface area contributed by atoms with Gasteiger partial charge in [-0.25, -0.2) is 4.79 Å². The number of morpholine rings is 1. The van der Waals surface area contributed by atoms with Crippen LogP contribution in [0.4, 0.5) is 16.2 Å². The number of amides is 2. The van der Waals surface area contributed by atoms with Gasteiger partial charge < -0.3 is 34.5 Å². The quantitative estimate of drug-likeness (QED) is 0.598. The minimum absolute atomic E-state index is 0.0378. The molecular weight excluding hydrogens is 424 g/mol. The highest BCUT2D eigenvalue weighted by atomic mass is 16.5. The molecular formula is C24H34N4O5. The molecule has 0 radical (unpaired) electrons. The summed E-state index contributed by atoms with van der Waals surface area (Å²) in [6.07, 6.45) is 0. The van der Waals surface area contributed by atoms with E-state index >= 15 is 0 Å². The molecule has 9 heteroatoms. The third-order valence-corrected chi connectivity index (χ3v) is 5.66. The van der Waals surface area contributed by atoms with Crippen LogP contribution in [0.5, 0.6) is 17.2 Å². The lowest BCUT2D eigenvalue weighted by Gasteiger charge is -2.35. The molecule has 0 spiro atoms. The molecule has 1 aliphatic rings. The zero-order chi connectivity index (χ0) is 23.8. The van der Waals surface area contributed by atoms with Gasteiger partial charge >= 0.3 is 6.03 Å². The highest BCUT2D eigenvalue weighted by molar-refractivity contribution is 5.90. The molecule has 1 atom stereocenters. The first-order chi connectivity index (χ1) is 16.0. The standard InChI is InChI=1S/C24H34N4O5/c1-27(2)19-8-6-17(7-9-19)20(28-10-12-33-13-11-28)16-25-24(29)26-18-14-21(30-3)23(32-5)22(15-18)31-4/h6-9,14-15,20H,10-13,16H2,1-5H3,(H2,25,26,29). The molecule has 2 N–H and O–H groups in total. The summed E-state index contributed by atoms with van der Waals surface area (Å²) in [6, 6.07) is 11.5. The van der Waals surface area contributed by atoms with E-state index in [0.717, 1.165) is 24.3 Å². The van der Waals surface area contributed by atoms with Crippen LogP contribution in [-0.2, 0) is 4.74 Å². The second-order valence-corrected chi connectivity index (χ2v) is 7.90. The first-order valence-corrected chi connectivity index (χ1v) is 10.9. The second-order valence-electron chi connectivity index (χ2n) is 7.90. The zero-order valence-corrected chi connectivity index (χ0v) is 20.0. The Balaban J connectivity index is 1.71. The van der Waals surface area contributed by atoms with Gasteiger partial charge in [0, 0.05) is 51.5 Å². The first-order valence-electron chi connectivity index (χ1n) is 10.9. The van der Waals surface area contributed by atoms with Gasteiger partial charge in [-0.3, -0.25) is 4.90 Å². The molecule has 1 unspecified atom stereocenters. The average Bonchev–Trinajstić information content (AvgIpc) is 2.84. The van der Waals surface area contributed by atoms with Crippen molar-refractivity contribution in [2.45, 2.75) is 6.04 Å². The number of carbonyl (C=O) groups is 1. The van der Waals surface area contributed by atoms with Crippen molar-refractivity contribution in [3.8, 4) is 17.2 Å². The lowest BCUT2D eigenvalue weighted by molar-refractivity contribution is 0.0168. The molecule has 1 aliphatic heterocycles. The van der Waals surface area contributed by atoms with Crippen molar-refractivity contribution in [3.05, 3.63) is 42.0 Å². The summed E-state index contributed by atoms with van der Waals surface area (Å²) < 4.78 is 21.6. The molecule has 2 amide bonds. The maximum atomic E-state index is 12.7. The number of hydrogen-bond acceptors (Lipinski definition) is 7. The lowest BCUT2D eigenvalue weighted by Crippen LogP contribution is -2.44. The van der Waals surface area contributed by atoms with Crippen LogP contribution in [0.3, 0.4) is 0 Å². The number of nitrogens with zero attached hydrogens (tertiary/aromatic N) is 2. The van der Waals surface area contributed by atoms with Crippen molar-refractivity contribution in [3.63, 3.8) is 0 Å². The second kappa shape index (κ2) is 11.6. The van der Waals surface area contributed by atoms with Gasteiger partial charge in [0.15, 0.2) is 11.5 Å². The summed E-state index contributed by atoms with van der Waals surface area (Å²) in [6.45, 7) is 3.46. The van der Waals surface area contributed by atoms with Gasteiger partial charge in [0.2, 0.25) is 5.75 Å². The number of ether oxygens (including phenoxy) is 4. The summed E-state index contributed by atoms with van der Waals surface area (Å²) in [7, 11) is 8.65. The monoisotopic (exact) mass is 458 g/mol. The van der Waals surface area contributed by atoms with Crippen molar-refractivity contribution in [1.29, 1.82) is 0 Å². The molecule has 180 valence electrons. The Labute approximate surface area is 195 Å². The van der Waals surface area contributed by atoms with E-state index in [0.29, 0.717) is 42.7 Å². The van der Waals surface area contributed by atoms with E-state index in [9.17, 15) is 4.79 Å². The van der Waals surface area contributed by atoms with Crippen LogP contribution in [0.1, 0.15) is 11.6 Å². The largest absolute Gasteiger partial charge is 0.493 e. The Morgan fingerprint density at radius 3 is 2.15 bits per heavy atom. The summed E-state index contributed by atoms with van der Waals surface area (Å²) in [5.41, 5.74) is 2.82. The van der Waals surface area contributed by atoms with Gasteiger partial charge in [0.25, 0.3) is 0 Å². The maximum absolute atomic E-state index is 12.7. The van der Waals surface area contributed by atoms with Gasteiger partial charge in [-0.05, 0) is 17.7 Å². The highest BCUT2D eigenvalue weighted by Gasteiger charge is 2.23. The third kappa shape index (κ3) is 6.21. The van der Waals surface area contributed by atoms with Gasteiger partial charge in [-0.2, -0.15) is 0 Å². The normalized spacial score (nSPS) is 14.8. The molecule has 1 saturated heterocycles. The van der Waals surface area contributed by atoms with E-state index in [1.807, 2.05) is 14.1 Å². The van der Waals surface area contributed by atoms with Crippen molar-refractivity contribution in [2.75, 3.05) is 78.5 Å². The van der Waals surface area contributed by atoms with Crippen LogP contribution < -0.4 is 29.7 Å². The van der Waals surface area contributed by atoms with Gasteiger partial charge in [-0.15, -0.1) is 0 Å². The molecule has 0 aliphatic carbocycles. The van der Waals surface area contributed by atoms with Gasteiger partial charge in [0.1, 0.15) is 0 Å². The number of urea groups is 1. The van der Waals surface area contributed by atoms with E-state index in [-0.39, 0.29) is 12.1 Å². The van der Waals surface area contributed by atoms with Gasteiger partial charge in [-0.1, -0.05) is 12.1 Å². The van der Waals surface area contributed by atoms with Crippen LogP contribution in [0.2, 0.25) is 0 Å². The molecule has 0 saturated carbocycles. The van der Waals surface area contributed by atoms with E-state index in [1.165, 1.54) is 21.3 Å². The predicted molar refractivity (Wildman–Crippen MR) is 129 cm³/mol. The number of methoxy groups -OCH3 is 3. The van der Waals surface area contributed by atoms with Gasteiger partial charge in [0.05, 0.1) is 46.3 Å². The first kappa shape index (κ1) is 24.5. The van der Waals surface area contributed by atoms with Crippen LogP contribution in [-0.4, -0.2) is 79.2 Å². The zero-order valence-electron chi connectivity index (χ0n) is 20.0. The fourth-order valence-electron chi connectivity index (χ4n) is 3.86. The molecule has 2 aromatic carbocycles. The summed E-state index contributed by atoms with van der Waals surface area (Å²) in [5.74, 6) is 1.41. The maximum Gasteiger partial charge on any atom is 0.319 e. The predicted octanol–water partition coefficient (Wildman–Crippen LogP) is 2.97. The van der Waals surface area contributed by atoms with Crippen molar-refractivity contribution in [2.24, 2.45) is 0 Å². The van der Waals surface area contributed by atoms with Crippen molar-refractivity contribution in [1.82, 2.24) is 10.2 Å². The molecule has 0 aromatic heterocycles. The van der Waals surface area contributed by atoms with E-state index in [1.54, 1.807) is 12.1 Å². The molecule has 0 bridgehead atoms.